The van der Waals surface area contributed by atoms with Crippen LogP contribution in [-0.4, -0.2) is 60.9 Å². The molecule has 0 aliphatic carbocycles. The molecule has 0 spiro atoms. The molecule has 144 valence electrons. The van der Waals surface area contributed by atoms with Gasteiger partial charge in [0.25, 0.3) is 0 Å². The van der Waals surface area contributed by atoms with Crippen LogP contribution in [0.4, 0.5) is 10.1 Å². The third-order valence-electron chi connectivity index (χ3n) is 5.33. The molecule has 1 aromatic heterocycles. The lowest BCUT2D eigenvalue weighted by molar-refractivity contribution is 0.0689. The number of pyridine rings is 1. The Morgan fingerprint density at radius 1 is 1.26 bits per heavy atom. The predicted octanol–water partition coefficient (Wildman–Crippen LogP) is 1.97. The number of methoxy groups -OCH3 is 1. The maximum Gasteiger partial charge on any atom is 0.342 e. The SMILES string of the molecule is COc1c(N2CCN(C)CC2)c(F)c(C)c2c(=O)c(C(=O)O)c3n(c12)CS3. The molecule has 1 N–H and O–H groups in total. The molecule has 0 bridgehead atoms. The van der Waals surface area contributed by atoms with Gasteiger partial charge in [-0.15, -0.1) is 0 Å². The Morgan fingerprint density at radius 3 is 2.44 bits per heavy atom. The van der Waals surface area contributed by atoms with E-state index in [1.165, 1.54) is 25.8 Å². The van der Waals surface area contributed by atoms with E-state index in [2.05, 4.69) is 4.90 Å². The van der Waals surface area contributed by atoms with Gasteiger partial charge in [0.15, 0.2) is 11.6 Å². The van der Waals surface area contributed by atoms with Crippen molar-refractivity contribution in [2.75, 3.05) is 45.2 Å². The molecule has 7 nitrogen and oxygen atoms in total. The predicted molar refractivity (Wildman–Crippen MR) is 102 cm³/mol. The van der Waals surface area contributed by atoms with Gasteiger partial charge in [-0.3, -0.25) is 4.79 Å². The number of piperazine rings is 1. The van der Waals surface area contributed by atoms with E-state index in [0.717, 1.165) is 13.1 Å². The first-order chi connectivity index (χ1) is 12.9. The summed E-state index contributed by atoms with van der Waals surface area (Å²) in [5.74, 6) is -1.02. The molecule has 27 heavy (non-hydrogen) atoms. The van der Waals surface area contributed by atoms with Gasteiger partial charge >= 0.3 is 5.97 Å². The first-order valence-electron chi connectivity index (χ1n) is 8.63. The number of aryl methyl sites for hydroxylation is 1. The van der Waals surface area contributed by atoms with Crippen LogP contribution in [0.5, 0.6) is 5.75 Å². The van der Waals surface area contributed by atoms with Crippen LogP contribution in [0.15, 0.2) is 9.82 Å². The normalized spacial score (nSPS) is 17.0. The highest BCUT2D eigenvalue weighted by molar-refractivity contribution is 7.99. The van der Waals surface area contributed by atoms with E-state index in [-0.39, 0.29) is 16.5 Å². The summed E-state index contributed by atoms with van der Waals surface area (Å²) in [4.78, 5) is 28.6. The van der Waals surface area contributed by atoms with E-state index in [4.69, 9.17) is 4.74 Å². The Labute approximate surface area is 159 Å². The number of anilines is 1. The standard InChI is InChI=1S/C18H20FN3O4S/c1-9-10-13(22-8-27-17(22)11(15(10)23)18(24)25)16(26-3)14(12(9)19)21-6-4-20(2)5-7-21/h4-8H2,1-3H3,(H,24,25). The minimum atomic E-state index is -1.29. The summed E-state index contributed by atoms with van der Waals surface area (Å²) in [6.07, 6.45) is 0. The van der Waals surface area contributed by atoms with Crippen molar-refractivity contribution in [3.8, 4) is 5.75 Å². The molecule has 1 aromatic carbocycles. The van der Waals surface area contributed by atoms with Crippen molar-refractivity contribution in [1.29, 1.82) is 0 Å². The van der Waals surface area contributed by atoms with Crippen molar-refractivity contribution in [1.82, 2.24) is 9.47 Å². The van der Waals surface area contributed by atoms with Gasteiger partial charge in [0.2, 0.25) is 5.43 Å². The zero-order valence-corrected chi connectivity index (χ0v) is 16.2. The van der Waals surface area contributed by atoms with Crippen molar-refractivity contribution in [2.45, 2.75) is 17.8 Å². The number of fused-ring (bicyclic) bond motifs is 3. The number of thioether (sulfide) groups is 1. The Morgan fingerprint density at radius 2 is 1.93 bits per heavy atom. The molecule has 2 aromatic rings. The Balaban J connectivity index is 2.07. The highest BCUT2D eigenvalue weighted by atomic mass is 32.2. The molecule has 0 unspecified atom stereocenters. The number of carboxylic acid groups (broad SMARTS) is 1. The van der Waals surface area contributed by atoms with Gasteiger partial charge < -0.3 is 24.2 Å². The topological polar surface area (TPSA) is 75.0 Å². The second kappa shape index (κ2) is 6.42. The minimum absolute atomic E-state index is 0.0867. The first-order valence-corrected chi connectivity index (χ1v) is 9.61. The molecule has 0 atom stereocenters. The number of hydrogen-bond acceptors (Lipinski definition) is 6. The highest BCUT2D eigenvalue weighted by Gasteiger charge is 2.34. The van der Waals surface area contributed by atoms with Crippen molar-refractivity contribution in [3.63, 3.8) is 0 Å². The zero-order chi connectivity index (χ0) is 19.5. The number of aromatic carboxylic acids is 1. The number of hydrogen-bond donors (Lipinski definition) is 1. The molecule has 4 rings (SSSR count). The summed E-state index contributed by atoms with van der Waals surface area (Å²) in [5, 5.41) is 9.95. The van der Waals surface area contributed by atoms with Crippen molar-refractivity contribution >= 4 is 34.3 Å². The second-order valence-electron chi connectivity index (χ2n) is 6.85. The van der Waals surface area contributed by atoms with E-state index in [0.29, 0.717) is 40.9 Å². The Kier molecular flexibility index (Phi) is 4.31. The monoisotopic (exact) mass is 393 g/mol. The summed E-state index contributed by atoms with van der Waals surface area (Å²) in [7, 11) is 3.47. The van der Waals surface area contributed by atoms with Crippen molar-refractivity contribution < 1.29 is 19.0 Å². The molecule has 2 aliphatic heterocycles. The fourth-order valence-corrected chi connectivity index (χ4v) is 4.74. The van der Waals surface area contributed by atoms with Gasteiger partial charge in [-0.2, -0.15) is 0 Å². The molecule has 0 radical (unpaired) electrons. The van der Waals surface area contributed by atoms with E-state index in [1.54, 1.807) is 4.57 Å². The fraction of sp³-hybridized carbons (Fsp3) is 0.444. The van der Waals surface area contributed by atoms with Crippen molar-refractivity contribution in [3.05, 3.63) is 27.2 Å². The maximum absolute atomic E-state index is 15.4. The van der Waals surface area contributed by atoms with Crippen LogP contribution in [0.1, 0.15) is 15.9 Å². The van der Waals surface area contributed by atoms with Crippen LogP contribution in [0, 0.1) is 12.7 Å². The number of nitrogens with zero attached hydrogens (tertiary/aromatic N) is 3. The second-order valence-corrected chi connectivity index (χ2v) is 7.78. The summed E-state index contributed by atoms with van der Waals surface area (Å²) in [5.41, 5.74) is 0.0457. The average Bonchev–Trinajstić information content (AvgIpc) is 2.60. The third kappa shape index (κ3) is 2.52. The minimum Gasteiger partial charge on any atom is -0.492 e. The van der Waals surface area contributed by atoms with E-state index < -0.39 is 17.2 Å². The zero-order valence-electron chi connectivity index (χ0n) is 15.3. The molecule has 0 amide bonds. The van der Waals surface area contributed by atoms with E-state index in [9.17, 15) is 14.7 Å². The molecule has 3 heterocycles. The van der Waals surface area contributed by atoms with Gasteiger partial charge in [0, 0.05) is 31.7 Å². The Bertz CT molecular complexity index is 1030. The summed E-state index contributed by atoms with van der Waals surface area (Å²) in [6.45, 7) is 4.42. The maximum atomic E-state index is 15.4. The summed E-state index contributed by atoms with van der Waals surface area (Å²) in [6, 6.07) is 0. The van der Waals surface area contributed by atoms with Gasteiger partial charge in [-0.05, 0) is 14.0 Å². The van der Waals surface area contributed by atoms with Crippen LogP contribution < -0.4 is 15.1 Å². The van der Waals surface area contributed by atoms with Crippen molar-refractivity contribution in [2.24, 2.45) is 0 Å². The smallest absolute Gasteiger partial charge is 0.342 e. The number of rotatable bonds is 3. The number of carboxylic acids is 1. The van der Waals surface area contributed by atoms with Crippen LogP contribution in [0.3, 0.4) is 0 Å². The quantitative estimate of drug-likeness (QED) is 0.855. The fourth-order valence-electron chi connectivity index (χ4n) is 3.81. The van der Waals surface area contributed by atoms with Gasteiger partial charge in [-0.1, -0.05) is 11.8 Å². The molecule has 2 aliphatic rings. The van der Waals surface area contributed by atoms with Gasteiger partial charge in [0.05, 0.1) is 28.9 Å². The molecule has 9 heteroatoms. The molecular weight excluding hydrogens is 373 g/mol. The number of carbonyl (C=O) groups is 1. The molecule has 0 saturated carbocycles. The van der Waals surface area contributed by atoms with Crippen LogP contribution >= 0.6 is 11.8 Å². The van der Waals surface area contributed by atoms with E-state index in [1.807, 2.05) is 11.9 Å². The van der Waals surface area contributed by atoms with Gasteiger partial charge in [-0.25, -0.2) is 9.18 Å². The highest BCUT2D eigenvalue weighted by Crippen LogP contribution is 2.45. The molecule has 1 fully saturated rings. The summed E-state index contributed by atoms with van der Waals surface area (Å²) < 4.78 is 22.7. The number of aromatic nitrogens is 1. The number of likely N-dealkylation sites (N-methyl/N-ethyl adjacent to an activating group) is 1. The molecular formula is C18H20FN3O4S. The number of benzene rings is 1. The van der Waals surface area contributed by atoms with Crippen LogP contribution in [-0.2, 0) is 5.88 Å². The van der Waals surface area contributed by atoms with E-state index >= 15 is 4.39 Å². The van der Waals surface area contributed by atoms with Crippen LogP contribution in [0.25, 0.3) is 10.9 Å². The number of halogens is 1. The first kappa shape index (κ1) is 18.1. The largest absolute Gasteiger partial charge is 0.492 e. The lowest BCUT2D eigenvalue weighted by atomic mass is 10.0. The Hall–Kier alpha value is -2.26. The lowest BCUT2D eigenvalue weighted by Crippen LogP contribution is -2.45. The van der Waals surface area contributed by atoms with Gasteiger partial charge in [0.1, 0.15) is 11.3 Å². The molecule has 1 saturated heterocycles. The van der Waals surface area contributed by atoms with Crippen LogP contribution in [0.2, 0.25) is 0 Å². The average molecular weight is 393 g/mol. The lowest BCUT2D eigenvalue weighted by Gasteiger charge is -2.36. The number of ether oxygens (including phenoxy) is 1. The summed E-state index contributed by atoms with van der Waals surface area (Å²) >= 11 is 1.30. The third-order valence-corrected chi connectivity index (χ3v) is 6.42.